The minimum atomic E-state index is -4.85. The number of aromatic carboxylic acids is 1. The number of ketones is 1. The number of carbonyl (C=O) groups is 3. The summed E-state index contributed by atoms with van der Waals surface area (Å²) in [6.45, 7) is 2.67. The summed E-state index contributed by atoms with van der Waals surface area (Å²) in [4.78, 5) is 35.4. The summed E-state index contributed by atoms with van der Waals surface area (Å²) in [5.74, 6) is -4.14. The fourth-order valence-corrected chi connectivity index (χ4v) is 5.08. The molecule has 0 atom stereocenters. The van der Waals surface area contributed by atoms with Crippen molar-refractivity contribution in [2.75, 3.05) is 0 Å². The van der Waals surface area contributed by atoms with Crippen LogP contribution in [0.15, 0.2) is 58.0 Å². The van der Waals surface area contributed by atoms with Gasteiger partial charge in [0.25, 0.3) is 10.1 Å². The van der Waals surface area contributed by atoms with Gasteiger partial charge in [-0.3, -0.25) is 9.35 Å². The van der Waals surface area contributed by atoms with Crippen molar-refractivity contribution in [1.82, 2.24) is 0 Å². The van der Waals surface area contributed by atoms with E-state index in [1.54, 1.807) is 0 Å². The van der Waals surface area contributed by atoms with E-state index in [0.29, 0.717) is 0 Å². The van der Waals surface area contributed by atoms with Crippen molar-refractivity contribution in [1.29, 1.82) is 0 Å². The molecular formula is C23H16Cl2O9S. The van der Waals surface area contributed by atoms with Gasteiger partial charge in [0.05, 0.1) is 15.6 Å². The highest BCUT2D eigenvalue weighted by atomic mass is 35.5. The summed E-state index contributed by atoms with van der Waals surface area (Å²) < 4.78 is 33.4. The largest absolute Gasteiger partial charge is 0.507 e. The summed E-state index contributed by atoms with van der Waals surface area (Å²) in [7, 11) is -4.85. The third-order valence-corrected chi connectivity index (χ3v) is 7.02. The first-order valence-electron chi connectivity index (χ1n) is 9.61. The summed E-state index contributed by atoms with van der Waals surface area (Å²) in [5.41, 5.74) is -1.59. The molecule has 4 N–H and O–H groups in total. The summed E-state index contributed by atoms with van der Waals surface area (Å²) >= 11 is 12.7. The fourth-order valence-electron chi connectivity index (χ4n) is 3.66. The van der Waals surface area contributed by atoms with Gasteiger partial charge in [-0.2, -0.15) is 8.42 Å². The van der Waals surface area contributed by atoms with Crippen LogP contribution in [0.4, 0.5) is 0 Å². The topological polar surface area (TPSA) is 166 Å². The Bertz CT molecular complexity index is 1530. The normalized spacial score (nSPS) is 15.4. The number of allylic oxidation sites excluding steroid dienone is 3. The first-order valence-corrected chi connectivity index (χ1v) is 11.8. The number of hydrogen-bond acceptors (Lipinski definition) is 6. The van der Waals surface area contributed by atoms with Crippen molar-refractivity contribution in [3.63, 3.8) is 0 Å². The number of aliphatic carboxylic acids is 1. The molecule has 12 heteroatoms. The smallest absolute Gasteiger partial charge is 0.339 e. The molecule has 0 heterocycles. The molecule has 0 unspecified atom stereocenters. The zero-order valence-electron chi connectivity index (χ0n) is 18.0. The van der Waals surface area contributed by atoms with Gasteiger partial charge in [0, 0.05) is 16.7 Å². The van der Waals surface area contributed by atoms with E-state index in [1.165, 1.54) is 19.9 Å². The van der Waals surface area contributed by atoms with E-state index in [1.807, 2.05) is 0 Å². The lowest BCUT2D eigenvalue weighted by Gasteiger charge is -2.22. The summed E-state index contributed by atoms with van der Waals surface area (Å²) in [6, 6.07) is 4.39. The number of aromatic hydroxyl groups is 1. The molecule has 0 aliphatic heterocycles. The molecular weight excluding hydrogens is 523 g/mol. The van der Waals surface area contributed by atoms with Crippen LogP contribution in [0.3, 0.4) is 0 Å². The van der Waals surface area contributed by atoms with Crippen LogP contribution in [0.25, 0.3) is 5.57 Å². The first-order chi connectivity index (χ1) is 16.2. The third kappa shape index (κ3) is 4.73. The van der Waals surface area contributed by atoms with Crippen LogP contribution in [-0.4, -0.2) is 46.0 Å². The molecule has 9 nitrogen and oxygen atoms in total. The van der Waals surface area contributed by atoms with Crippen LogP contribution in [0.1, 0.15) is 34.0 Å². The van der Waals surface area contributed by atoms with Crippen LogP contribution in [0.2, 0.25) is 10.0 Å². The quantitative estimate of drug-likeness (QED) is 0.405. The molecule has 1 aliphatic carbocycles. The molecule has 0 spiro atoms. The predicted molar refractivity (Wildman–Crippen MR) is 127 cm³/mol. The molecule has 2 aromatic rings. The van der Waals surface area contributed by atoms with E-state index in [9.17, 15) is 42.7 Å². The van der Waals surface area contributed by atoms with E-state index in [0.717, 1.165) is 30.4 Å². The lowest BCUT2D eigenvalue weighted by Crippen LogP contribution is -2.16. The van der Waals surface area contributed by atoms with E-state index in [4.69, 9.17) is 23.2 Å². The lowest BCUT2D eigenvalue weighted by atomic mass is 9.83. The lowest BCUT2D eigenvalue weighted by molar-refractivity contribution is -0.132. The number of carboxylic acid groups (broad SMARTS) is 2. The van der Waals surface area contributed by atoms with E-state index < -0.39 is 54.6 Å². The summed E-state index contributed by atoms with van der Waals surface area (Å²) in [5, 5.41) is 28.9. The molecule has 182 valence electrons. The second kappa shape index (κ2) is 9.31. The number of carboxylic acids is 2. The highest BCUT2D eigenvalue weighted by molar-refractivity contribution is 7.86. The van der Waals surface area contributed by atoms with Crippen molar-refractivity contribution in [2.45, 2.75) is 18.7 Å². The number of phenols is 1. The summed E-state index contributed by atoms with van der Waals surface area (Å²) in [6.07, 6.45) is 2.24. The predicted octanol–water partition coefficient (Wildman–Crippen LogP) is 4.29. The Balaban J connectivity index is 2.64. The van der Waals surface area contributed by atoms with Crippen LogP contribution in [-0.2, 0) is 19.7 Å². The second-order valence-electron chi connectivity index (χ2n) is 7.50. The first kappa shape index (κ1) is 26.2. The fraction of sp³-hybridized carbons (Fsp3) is 0.0870. The Morgan fingerprint density at radius 3 is 2.14 bits per heavy atom. The standard InChI is InChI=1S/C23H16Cl2O9S/c1-9-7-11(8-13(21(9)27)22(28)29)18(12-3-5-15(26)10(2)17(12)23(30)31)19-14(24)4-6-16(20(19)25)35(32,33)34/h3-8,27H,1-2H3,(H,28,29)(H,30,31)(H,32,33,34)/b18-12+. The third-order valence-electron chi connectivity index (χ3n) is 5.30. The number of halogens is 2. The molecule has 0 saturated carbocycles. The van der Waals surface area contributed by atoms with Crippen LogP contribution in [0.5, 0.6) is 5.75 Å². The van der Waals surface area contributed by atoms with Gasteiger partial charge < -0.3 is 15.3 Å². The number of carbonyl (C=O) groups excluding carboxylic acids is 1. The van der Waals surface area contributed by atoms with Gasteiger partial charge in [0.15, 0.2) is 5.78 Å². The second-order valence-corrected chi connectivity index (χ2v) is 9.67. The van der Waals surface area contributed by atoms with Gasteiger partial charge in [-0.25, -0.2) is 9.59 Å². The monoisotopic (exact) mass is 538 g/mol. The zero-order chi connectivity index (χ0) is 26.4. The van der Waals surface area contributed by atoms with Gasteiger partial charge >= 0.3 is 11.9 Å². The van der Waals surface area contributed by atoms with Crippen molar-refractivity contribution < 1.29 is 42.7 Å². The number of hydrogen-bond donors (Lipinski definition) is 4. The molecule has 0 aromatic heterocycles. The van der Waals surface area contributed by atoms with Crippen molar-refractivity contribution in [3.05, 3.63) is 85.4 Å². The maximum Gasteiger partial charge on any atom is 0.339 e. The molecule has 3 rings (SSSR count). The van der Waals surface area contributed by atoms with Crippen molar-refractivity contribution >= 4 is 56.6 Å². The molecule has 0 saturated heterocycles. The number of aryl methyl sites for hydroxylation is 1. The van der Waals surface area contributed by atoms with Gasteiger partial charge in [0.1, 0.15) is 16.2 Å². The highest BCUT2D eigenvalue weighted by Crippen LogP contribution is 2.44. The molecule has 0 fully saturated rings. The van der Waals surface area contributed by atoms with Crippen molar-refractivity contribution in [2.24, 2.45) is 0 Å². The Labute approximate surface area is 209 Å². The van der Waals surface area contributed by atoms with Crippen LogP contribution >= 0.6 is 23.2 Å². The molecule has 35 heavy (non-hydrogen) atoms. The Morgan fingerprint density at radius 1 is 0.971 bits per heavy atom. The minimum absolute atomic E-state index is 0.00506. The SMILES string of the molecule is CC1=C(C(=O)O)/C(=C(\c2cc(C)c(O)c(C(=O)O)c2)c2c(Cl)ccc(S(=O)(=O)O)c2Cl)C=CC1=O. The highest BCUT2D eigenvalue weighted by Gasteiger charge is 2.30. The Kier molecular flexibility index (Phi) is 6.96. The van der Waals surface area contributed by atoms with Gasteiger partial charge in [-0.1, -0.05) is 23.2 Å². The van der Waals surface area contributed by atoms with Crippen LogP contribution in [0, 0.1) is 6.92 Å². The Morgan fingerprint density at radius 2 is 1.60 bits per heavy atom. The molecule has 0 amide bonds. The average molecular weight is 539 g/mol. The van der Waals surface area contributed by atoms with E-state index in [-0.39, 0.29) is 38.4 Å². The average Bonchev–Trinajstić information content (AvgIpc) is 2.73. The maximum absolute atomic E-state index is 12.2. The van der Waals surface area contributed by atoms with E-state index in [2.05, 4.69) is 0 Å². The van der Waals surface area contributed by atoms with E-state index >= 15 is 0 Å². The van der Waals surface area contributed by atoms with Gasteiger partial charge in [-0.05, 0) is 67.0 Å². The molecule has 1 aliphatic rings. The molecule has 0 radical (unpaired) electrons. The minimum Gasteiger partial charge on any atom is -0.507 e. The molecule has 2 aromatic carbocycles. The van der Waals surface area contributed by atoms with Crippen molar-refractivity contribution in [3.8, 4) is 5.75 Å². The number of rotatable bonds is 5. The van der Waals surface area contributed by atoms with Gasteiger partial charge in [-0.15, -0.1) is 0 Å². The zero-order valence-corrected chi connectivity index (χ0v) is 20.3. The number of benzene rings is 2. The van der Waals surface area contributed by atoms with Crippen LogP contribution < -0.4 is 0 Å². The Hall–Kier alpha value is -3.44. The van der Waals surface area contributed by atoms with Gasteiger partial charge in [0.2, 0.25) is 0 Å². The maximum atomic E-state index is 12.2. The molecule has 0 bridgehead atoms.